The molecule has 1 heterocycles. The van der Waals surface area contributed by atoms with Gasteiger partial charge in [-0.25, -0.2) is 0 Å². The Hall–Kier alpha value is -1.08. The molecule has 1 unspecified atom stereocenters. The first kappa shape index (κ1) is 13.4. The molecule has 0 aromatic heterocycles. The molecule has 0 aliphatic carbocycles. The van der Waals surface area contributed by atoms with Gasteiger partial charge in [-0.3, -0.25) is 4.79 Å². The van der Waals surface area contributed by atoms with E-state index in [2.05, 4.69) is 16.7 Å². The van der Waals surface area contributed by atoms with Gasteiger partial charge in [-0.1, -0.05) is 6.07 Å². The van der Waals surface area contributed by atoms with Gasteiger partial charge in [0.05, 0.1) is 11.4 Å². The minimum atomic E-state index is -0.0158. The van der Waals surface area contributed by atoms with Crippen LogP contribution in [0.2, 0.25) is 0 Å². The molecule has 0 spiro atoms. The summed E-state index contributed by atoms with van der Waals surface area (Å²) in [6.07, 6.45) is 0. The predicted octanol–water partition coefficient (Wildman–Crippen LogP) is 0.106. The molecule has 1 aromatic carbocycles. The van der Waals surface area contributed by atoms with Crippen molar-refractivity contribution in [2.45, 2.75) is 17.5 Å². The number of benzene rings is 1. The number of hydrogen-bond acceptors (Lipinski definition) is 5. The predicted molar refractivity (Wildman–Crippen MR) is 74.5 cm³/mol. The number of hydrogen-bond donors (Lipinski definition) is 4. The summed E-state index contributed by atoms with van der Waals surface area (Å²) in [5, 5.41) is 6.12. The Morgan fingerprint density at radius 2 is 2.33 bits per heavy atom. The molecule has 0 radical (unpaired) electrons. The van der Waals surface area contributed by atoms with E-state index in [1.165, 1.54) is 0 Å². The number of anilines is 1. The van der Waals surface area contributed by atoms with Crippen LogP contribution in [-0.2, 0) is 11.3 Å². The third-order valence-electron chi connectivity index (χ3n) is 2.72. The quantitative estimate of drug-likeness (QED) is 0.607. The van der Waals surface area contributed by atoms with Crippen molar-refractivity contribution in [3.63, 3.8) is 0 Å². The van der Waals surface area contributed by atoms with Crippen LogP contribution in [0.25, 0.3) is 0 Å². The summed E-state index contributed by atoms with van der Waals surface area (Å²) < 4.78 is 0. The Morgan fingerprint density at radius 1 is 1.50 bits per heavy atom. The highest BCUT2D eigenvalue weighted by atomic mass is 32.2. The van der Waals surface area contributed by atoms with Crippen LogP contribution in [0.3, 0.4) is 0 Å². The van der Waals surface area contributed by atoms with Gasteiger partial charge in [-0.2, -0.15) is 0 Å². The van der Waals surface area contributed by atoms with Crippen LogP contribution in [0, 0.1) is 0 Å². The molecular formula is C12H18N4OS. The molecule has 98 valence electrons. The minimum absolute atomic E-state index is 0.0158. The van der Waals surface area contributed by atoms with Crippen LogP contribution in [0.1, 0.15) is 5.56 Å². The molecule has 0 saturated heterocycles. The highest BCUT2D eigenvalue weighted by Gasteiger charge is 2.15. The highest BCUT2D eigenvalue weighted by molar-refractivity contribution is 8.00. The molecular weight excluding hydrogens is 248 g/mol. The number of thioether (sulfide) groups is 1. The Bertz CT molecular complexity index is 438. The summed E-state index contributed by atoms with van der Waals surface area (Å²) in [5.41, 5.74) is 13.2. The fourth-order valence-corrected chi connectivity index (χ4v) is 2.51. The van der Waals surface area contributed by atoms with E-state index in [0.29, 0.717) is 18.8 Å². The Morgan fingerprint density at radius 3 is 3.11 bits per heavy atom. The van der Waals surface area contributed by atoms with E-state index < -0.39 is 0 Å². The fourth-order valence-electron chi connectivity index (χ4n) is 1.73. The first-order chi connectivity index (χ1) is 8.69. The van der Waals surface area contributed by atoms with Crippen molar-refractivity contribution in [2.75, 3.05) is 24.2 Å². The first-order valence-corrected chi connectivity index (χ1v) is 6.89. The van der Waals surface area contributed by atoms with Crippen LogP contribution in [0.5, 0.6) is 0 Å². The summed E-state index contributed by atoms with van der Waals surface area (Å²) in [6, 6.07) is 6.09. The number of fused-ring (bicyclic) bond motifs is 1. The Kier molecular flexibility index (Phi) is 4.60. The van der Waals surface area contributed by atoms with Crippen molar-refractivity contribution in [1.29, 1.82) is 0 Å². The van der Waals surface area contributed by atoms with Gasteiger partial charge in [0.2, 0.25) is 5.91 Å². The van der Waals surface area contributed by atoms with Gasteiger partial charge in [-0.15, -0.1) is 11.8 Å². The third kappa shape index (κ3) is 3.46. The molecule has 1 aromatic rings. The molecule has 0 saturated carbocycles. The van der Waals surface area contributed by atoms with Crippen LogP contribution in [0.4, 0.5) is 5.69 Å². The third-order valence-corrected chi connectivity index (χ3v) is 3.79. The second kappa shape index (κ2) is 6.19. The maximum Gasteiger partial charge on any atom is 0.234 e. The van der Waals surface area contributed by atoms with E-state index in [1.54, 1.807) is 11.8 Å². The van der Waals surface area contributed by atoms with E-state index in [1.807, 2.05) is 12.1 Å². The minimum Gasteiger partial charge on any atom is -0.329 e. The standard InChI is InChI=1S/C12H18N4OS/c13-4-9(14)6-15-5-8-1-2-11-10(3-8)16-12(17)7-18-11/h1-3,9,15H,4-7,13-14H2,(H,16,17). The second-order valence-electron chi connectivity index (χ2n) is 4.29. The largest absolute Gasteiger partial charge is 0.329 e. The van der Waals surface area contributed by atoms with Crippen LogP contribution < -0.4 is 22.1 Å². The number of amides is 1. The lowest BCUT2D eigenvalue weighted by atomic mass is 10.2. The summed E-state index contributed by atoms with van der Waals surface area (Å²) in [4.78, 5) is 12.4. The van der Waals surface area contributed by atoms with Crippen molar-refractivity contribution in [3.8, 4) is 0 Å². The number of carbonyl (C=O) groups excluding carboxylic acids is 1. The second-order valence-corrected chi connectivity index (χ2v) is 5.31. The molecule has 6 N–H and O–H groups in total. The number of carbonyl (C=O) groups is 1. The Labute approximate surface area is 111 Å². The molecule has 18 heavy (non-hydrogen) atoms. The van der Waals surface area contributed by atoms with E-state index in [4.69, 9.17) is 11.5 Å². The maximum absolute atomic E-state index is 11.3. The van der Waals surface area contributed by atoms with Gasteiger partial charge >= 0.3 is 0 Å². The zero-order valence-corrected chi connectivity index (χ0v) is 10.9. The lowest BCUT2D eigenvalue weighted by Gasteiger charge is -2.17. The molecule has 0 bridgehead atoms. The smallest absolute Gasteiger partial charge is 0.234 e. The van der Waals surface area contributed by atoms with Crippen molar-refractivity contribution in [1.82, 2.24) is 5.32 Å². The molecule has 2 rings (SSSR count). The number of nitrogens with one attached hydrogen (secondary N) is 2. The molecule has 1 amide bonds. The maximum atomic E-state index is 11.3. The molecule has 1 atom stereocenters. The fraction of sp³-hybridized carbons (Fsp3) is 0.417. The number of rotatable bonds is 5. The molecule has 1 aliphatic rings. The Balaban J connectivity index is 1.94. The van der Waals surface area contributed by atoms with Gasteiger partial charge in [0, 0.05) is 30.6 Å². The van der Waals surface area contributed by atoms with Crippen molar-refractivity contribution >= 4 is 23.4 Å². The van der Waals surface area contributed by atoms with Crippen molar-refractivity contribution in [3.05, 3.63) is 23.8 Å². The highest BCUT2D eigenvalue weighted by Crippen LogP contribution is 2.31. The zero-order valence-electron chi connectivity index (χ0n) is 10.1. The summed E-state index contributed by atoms with van der Waals surface area (Å²) >= 11 is 1.57. The van der Waals surface area contributed by atoms with Crippen LogP contribution >= 0.6 is 11.8 Å². The lowest BCUT2D eigenvalue weighted by molar-refractivity contribution is -0.113. The van der Waals surface area contributed by atoms with Crippen molar-refractivity contribution in [2.24, 2.45) is 11.5 Å². The SMILES string of the molecule is NCC(N)CNCc1ccc2c(c1)NC(=O)CS2. The monoisotopic (exact) mass is 266 g/mol. The van der Waals surface area contributed by atoms with Crippen molar-refractivity contribution < 1.29 is 4.79 Å². The molecule has 5 nitrogen and oxygen atoms in total. The molecule has 0 fully saturated rings. The number of nitrogens with two attached hydrogens (primary N) is 2. The first-order valence-electron chi connectivity index (χ1n) is 5.91. The molecule has 1 aliphatic heterocycles. The van der Waals surface area contributed by atoms with Gasteiger partial charge < -0.3 is 22.1 Å². The van der Waals surface area contributed by atoms with Gasteiger partial charge in [0.15, 0.2) is 0 Å². The average molecular weight is 266 g/mol. The van der Waals surface area contributed by atoms with Crippen LogP contribution in [0.15, 0.2) is 23.1 Å². The lowest BCUT2D eigenvalue weighted by Crippen LogP contribution is -2.39. The summed E-state index contributed by atoms with van der Waals surface area (Å²) in [5.74, 6) is 0.554. The zero-order chi connectivity index (χ0) is 13.0. The normalized spacial score (nSPS) is 16.0. The van der Waals surface area contributed by atoms with E-state index in [0.717, 1.165) is 22.7 Å². The van der Waals surface area contributed by atoms with Gasteiger partial charge in [0.1, 0.15) is 0 Å². The summed E-state index contributed by atoms with van der Waals surface area (Å²) in [6.45, 7) is 1.89. The van der Waals surface area contributed by atoms with Gasteiger partial charge in [-0.05, 0) is 17.7 Å². The topological polar surface area (TPSA) is 93.2 Å². The van der Waals surface area contributed by atoms with E-state index in [9.17, 15) is 4.79 Å². The average Bonchev–Trinajstić information content (AvgIpc) is 2.38. The molecule has 6 heteroatoms. The van der Waals surface area contributed by atoms with Gasteiger partial charge in [0.25, 0.3) is 0 Å². The summed E-state index contributed by atoms with van der Waals surface area (Å²) in [7, 11) is 0. The van der Waals surface area contributed by atoms with Crippen LogP contribution in [-0.4, -0.2) is 30.8 Å². The van der Waals surface area contributed by atoms with E-state index in [-0.39, 0.29) is 11.9 Å². The van der Waals surface area contributed by atoms with E-state index >= 15 is 0 Å².